The zero-order valence-electron chi connectivity index (χ0n) is 20.6. The average Bonchev–Trinajstić information content (AvgIpc) is 3.30. The fourth-order valence-corrected chi connectivity index (χ4v) is 11.4. The second-order valence-corrected chi connectivity index (χ2v) is 13.6. The van der Waals surface area contributed by atoms with Crippen molar-refractivity contribution in [2.24, 2.45) is 0 Å². The third kappa shape index (κ3) is 3.91. The third-order valence-electron chi connectivity index (χ3n) is 6.99. The van der Waals surface area contributed by atoms with E-state index in [0.29, 0.717) is 0 Å². The first kappa shape index (κ1) is 22.4. The van der Waals surface area contributed by atoms with E-state index in [0.717, 1.165) is 6.42 Å². The smallest absolute Gasteiger partial charge is 0.0802 e. The van der Waals surface area contributed by atoms with Crippen molar-refractivity contribution in [3.8, 4) is 0 Å². The van der Waals surface area contributed by atoms with Gasteiger partial charge in [-0.2, -0.15) is 0 Å². The molecule has 1 aliphatic rings. The van der Waals surface area contributed by atoms with Crippen molar-refractivity contribution in [1.29, 1.82) is 0 Å². The van der Waals surface area contributed by atoms with E-state index in [2.05, 4.69) is 137 Å². The molecule has 0 nitrogen and oxygen atoms in total. The lowest BCUT2D eigenvalue weighted by molar-refractivity contribution is 1.35. The van der Waals surface area contributed by atoms with Crippen molar-refractivity contribution >= 4 is 29.2 Å². The van der Waals surface area contributed by atoms with Crippen LogP contribution in [0, 0.1) is 27.7 Å². The molecule has 0 radical (unpaired) electrons. The molecule has 0 spiro atoms. The molecular weight excluding hydrogens is 424 g/mol. The number of hydrogen-bond acceptors (Lipinski definition) is 0. The molecule has 1 aliphatic carbocycles. The monoisotopic (exact) mass is 456 g/mol. The largest absolute Gasteiger partial charge is 0.176 e. The van der Waals surface area contributed by atoms with Gasteiger partial charge in [-0.1, -0.05) is 137 Å². The van der Waals surface area contributed by atoms with Gasteiger partial charge in [-0.3, -0.25) is 0 Å². The summed E-state index contributed by atoms with van der Waals surface area (Å²) in [4.78, 5) is 0. The normalized spacial score (nSPS) is 13.5. The topological polar surface area (TPSA) is 0 Å². The number of aryl methyl sites for hydroxylation is 4. The van der Waals surface area contributed by atoms with E-state index in [1.807, 2.05) is 0 Å². The first-order chi connectivity index (χ1) is 16.5. The highest BCUT2D eigenvalue weighted by molar-refractivity contribution is 7.16. The summed E-state index contributed by atoms with van der Waals surface area (Å²) in [6, 6.07) is 36.7. The van der Waals surface area contributed by atoms with E-state index in [1.54, 1.807) is 5.20 Å². The zero-order valence-corrected chi connectivity index (χ0v) is 21.6. The van der Waals surface area contributed by atoms with Crippen molar-refractivity contribution < 1.29 is 0 Å². The van der Waals surface area contributed by atoms with Crippen LogP contribution in [0.15, 0.2) is 114 Å². The van der Waals surface area contributed by atoms with E-state index < -0.39 is 8.07 Å². The van der Waals surface area contributed by atoms with Gasteiger partial charge in [0.15, 0.2) is 8.07 Å². The van der Waals surface area contributed by atoms with E-state index in [1.165, 1.54) is 49.0 Å². The summed E-state index contributed by atoms with van der Waals surface area (Å²) < 4.78 is 0. The first-order valence-corrected chi connectivity index (χ1v) is 14.2. The Hall–Kier alpha value is -3.42. The van der Waals surface area contributed by atoms with Gasteiger partial charge in [0.1, 0.15) is 0 Å². The molecule has 0 amide bonds. The van der Waals surface area contributed by atoms with Gasteiger partial charge in [0, 0.05) is 0 Å². The summed E-state index contributed by atoms with van der Waals surface area (Å²) in [6.07, 6.45) is 5.72. The highest BCUT2D eigenvalue weighted by atomic mass is 28.3. The van der Waals surface area contributed by atoms with Gasteiger partial charge in [0.25, 0.3) is 0 Å². The van der Waals surface area contributed by atoms with E-state index in [-0.39, 0.29) is 0 Å². The lowest BCUT2D eigenvalue weighted by Gasteiger charge is -2.37. The summed E-state index contributed by atoms with van der Waals surface area (Å²) in [6.45, 7) is 8.95. The Morgan fingerprint density at radius 3 is 1.50 bits per heavy atom. The molecule has 4 aromatic carbocycles. The molecule has 0 N–H and O–H groups in total. The van der Waals surface area contributed by atoms with Gasteiger partial charge in [-0.25, -0.2) is 0 Å². The highest BCUT2D eigenvalue weighted by Gasteiger charge is 2.45. The Morgan fingerprint density at radius 2 is 1.00 bits per heavy atom. The van der Waals surface area contributed by atoms with Crippen molar-refractivity contribution in [3.63, 3.8) is 0 Å². The maximum Gasteiger partial charge on any atom is 0.176 e. The number of rotatable bonds is 5. The van der Waals surface area contributed by atoms with Crippen LogP contribution in [0.2, 0.25) is 0 Å². The molecule has 0 saturated carbocycles. The third-order valence-corrected chi connectivity index (χ3v) is 11.9. The first-order valence-electron chi connectivity index (χ1n) is 12.2. The van der Waals surface area contributed by atoms with Gasteiger partial charge < -0.3 is 0 Å². The van der Waals surface area contributed by atoms with Gasteiger partial charge >= 0.3 is 0 Å². The van der Waals surface area contributed by atoms with Gasteiger partial charge in [-0.05, 0) is 60.8 Å². The SMILES string of the molecule is Cc1cc(C)cc([Si](C2=C(c3ccccc3)C=CC2)(c2ccccc2)c2cc(C)cc(C)c2)c1. The fourth-order valence-electron chi connectivity index (χ4n) is 5.84. The van der Waals surface area contributed by atoms with Gasteiger partial charge in [-0.15, -0.1) is 0 Å². The Balaban J connectivity index is 1.97. The van der Waals surface area contributed by atoms with Crippen LogP contribution >= 0.6 is 0 Å². The van der Waals surface area contributed by atoms with Crippen molar-refractivity contribution in [3.05, 3.63) is 142 Å². The van der Waals surface area contributed by atoms with E-state index >= 15 is 0 Å². The predicted molar refractivity (Wildman–Crippen MR) is 150 cm³/mol. The zero-order chi connectivity index (χ0) is 23.7. The maximum absolute atomic E-state index is 2.55. The van der Waals surface area contributed by atoms with Crippen molar-refractivity contribution in [2.75, 3.05) is 0 Å². The molecule has 0 unspecified atom stereocenters. The van der Waals surface area contributed by atoms with Crippen LogP contribution in [0.1, 0.15) is 34.2 Å². The minimum Gasteiger partial charge on any atom is -0.0802 e. The number of hydrogen-bond donors (Lipinski definition) is 0. The van der Waals surface area contributed by atoms with Crippen LogP contribution < -0.4 is 15.6 Å². The van der Waals surface area contributed by atoms with Crippen LogP contribution in [0.4, 0.5) is 0 Å². The van der Waals surface area contributed by atoms with E-state index in [9.17, 15) is 0 Å². The molecule has 0 atom stereocenters. The number of allylic oxidation sites excluding steroid dienone is 4. The fraction of sp³-hybridized carbons (Fsp3) is 0.152. The van der Waals surface area contributed by atoms with Crippen molar-refractivity contribution in [1.82, 2.24) is 0 Å². The lowest BCUT2D eigenvalue weighted by atomic mass is 10.1. The van der Waals surface area contributed by atoms with Crippen LogP contribution in [0.3, 0.4) is 0 Å². The van der Waals surface area contributed by atoms with Crippen LogP contribution in [-0.2, 0) is 0 Å². The molecule has 5 rings (SSSR count). The van der Waals surface area contributed by atoms with E-state index in [4.69, 9.17) is 0 Å². The van der Waals surface area contributed by atoms with Crippen LogP contribution in [-0.4, -0.2) is 8.07 Å². The summed E-state index contributed by atoms with van der Waals surface area (Å²) in [5.74, 6) is 0. The van der Waals surface area contributed by atoms with Crippen molar-refractivity contribution in [2.45, 2.75) is 34.1 Å². The Labute approximate surface area is 205 Å². The lowest BCUT2D eigenvalue weighted by Crippen LogP contribution is -2.69. The summed E-state index contributed by atoms with van der Waals surface area (Å²) in [5.41, 5.74) is 8.04. The predicted octanol–water partition coefficient (Wildman–Crippen LogP) is 6.34. The molecule has 0 heterocycles. The van der Waals surface area contributed by atoms with Crippen LogP contribution in [0.5, 0.6) is 0 Å². The Kier molecular flexibility index (Phi) is 5.97. The Bertz CT molecular complexity index is 1300. The number of benzene rings is 4. The van der Waals surface area contributed by atoms with Gasteiger partial charge in [0.2, 0.25) is 0 Å². The minimum absolute atomic E-state index is 0.991. The second-order valence-electron chi connectivity index (χ2n) is 9.73. The molecule has 4 aromatic rings. The molecule has 34 heavy (non-hydrogen) atoms. The standard InChI is InChI=1S/C33H32Si/c1-24-18-25(2)21-30(20-24)34(29-14-9-6-10-15-29,31-22-26(3)19-27(4)23-31)33-17-11-16-32(33)28-12-7-5-8-13-28/h5-16,18-23H,17H2,1-4H3. The molecule has 0 aliphatic heterocycles. The molecule has 0 aromatic heterocycles. The molecule has 0 fully saturated rings. The van der Waals surface area contributed by atoms with Gasteiger partial charge in [0.05, 0.1) is 0 Å². The molecule has 0 bridgehead atoms. The maximum atomic E-state index is 2.46. The second kappa shape index (κ2) is 9.08. The summed E-state index contributed by atoms with van der Waals surface area (Å²) >= 11 is 0. The molecular formula is C33H32Si. The highest BCUT2D eigenvalue weighted by Crippen LogP contribution is 2.35. The van der Waals surface area contributed by atoms with Crippen LogP contribution in [0.25, 0.3) is 5.57 Å². The summed E-state index contributed by atoms with van der Waals surface area (Å²) in [5, 5.41) is 6.00. The molecule has 168 valence electrons. The average molecular weight is 457 g/mol. The molecule has 0 saturated heterocycles. The molecule has 1 heteroatoms. The Morgan fingerprint density at radius 1 is 0.529 bits per heavy atom. The summed E-state index contributed by atoms with van der Waals surface area (Å²) in [7, 11) is -2.55. The quantitative estimate of drug-likeness (QED) is 0.243. The minimum atomic E-state index is -2.55.